The maximum absolute atomic E-state index is 12.7. The minimum atomic E-state index is -0.652. The fourth-order valence-electron chi connectivity index (χ4n) is 3.36. The first-order chi connectivity index (χ1) is 13.9. The lowest BCUT2D eigenvalue weighted by Gasteiger charge is -2.32. The Morgan fingerprint density at radius 2 is 1.86 bits per heavy atom. The van der Waals surface area contributed by atoms with Crippen LogP contribution in [-0.2, 0) is 14.3 Å². The first-order valence-electron chi connectivity index (χ1n) is 9.02. The van der Waals surface area contributed by atoms with Gasteiger partial charge in [0, 0.05) is 10.7 Å². The van der Waals surface area contributed by atoms with Crippen molar-refractivity contribution in [2.75, 3.05) is 18.5 Å². The van der Waals surface area contributed by atoms with E-state index in [0.717, 1.165) is 5.56 Å². The van der Waals surface area contributed by atoms with Crippen molar-refractivity contribution < 1.29 is 19.1 Å². The largest absolute Gasteiger partial charge is 0.456 e. The summed E-state index contributed by atoms with van der Waals surface area (Å²) in [5, 5.41) is 6.09. The smallest absolute Gasteiger partial charge is 0.338 e. The maximum atomic E-state index is 12.7. The summed E-state index contributed by atoms with van der Waals surface area (Å²) in [7, 11) is 0. The number of nitrogens with zero attached hydrogens (tertiary/aromatic N) is 1. The molecule has 2 aromatic rings. The van der Waals surface area contributed by atoms with Crippen molar-refractivity contribution in [2.45, 2.75) is 13.0 Å². The van der Waals surface area contributed by atoms with Gasteiger partial charge in [-0.1, -0.05) is 41.4 Å². The van der Waals surface area contributed by atoms with Crippen molar-refractivity contribution in [3.63, 3.8) is 0 Å². The SMILES string of the molecule is Cc1ccc(NC(=O)CN2C(=O)NC(c3ccc(Cl)cc3)C3=C2COC3=O)cc1. The topological polar surface area (TPSA) is 87.7 Å². The highest BCUT2D eigenvalue weighted by Gasteiger charge is 2.42. The van der Waals surface area contributed by atoms with E-state index in [1.807, 2.05) is 19.1 Å². The molecule has 0 bridgehead atoms. The molecule has 3 amide bonds. The van der Waals surface area contributed by atoms with Crippen LogP contribution in [0.15, 0.2) is 59.8 Å². The molecule has 0 aliphatic carbocycles. The Morgan fingerprint density at radius 3 is 2.55 bits per heavy atom. The molecule has 0 spiro atoms. The predicted octanol–water partition coefficient (Wildman–Crippen LogP) is 3.16. The minimum Gasteiger partial charge on any atom is -0.456 e. The molecule has 0 saturated heterocycles. The van der Waals surface area contributed by atoms with Crippen LogP contribution < -0.4 is 10.6 Å². The summed E-state index contributed by atoms with van der Waals surface area (Å²) in [6, 6.07) is 13.1. The summed E-state index contributed by atoms with van der Waals surface area (Å²) in [6.07, 6.45) is 0. The average Bonchev–Trinajstić information content (AvgIpc) is 3.08. The summed E-state index contributed by atoms with van der Waals surface area (Å²) in [6.45, 7) is 1.66. The number of carbonyl (C=O) groups is 3. The van der Waals surface area contributed by atoms with Gasteiger partial charge in [0.25, 0.3) is 0 Å². The third-order valence-corrected chi connectivity index (χ3v) is 5.09. The number of anilines is 1. The molecule has 0 radical (unpaired) electrons. The fourth-order valence-corrected chi connectivity index (χ4v) is 3.49. The molecule has 0 aromatic heterocycles. The van der Waals surface area contributed by atoms with Gasteiger partial charge < -0.3 is 15.4 Å². The number of esters is 1. The molecule has 0 saturated carbocycles. The lowest BCUT2D eigenvalue weighted by Crippen LogP contribution is -2.49. The molecule has 7 nitrogen and oxygen atoms in total. The Balaban J connectivity index is 1.58. The van der Waals surface area contributed by atoms with E-state index in [9.17, 15) is 14.4 Å². The van der Waals surface area contributed by atoms with Gasteiger partial charge in [0.05, 0.1) is 17.3 Å². The van der Waals surface area contributed by atoms with Crippen LogP contribution >= 0.6 is 11.6 Å². The number of hydrogen-bond acceptors (Lipinski definition) is 4. The number of hydrogen-bond donors (Lipinski definition) is 2. The quantitative estimate of drug-likeness (QED) is 0.756. The summed E-state index contributed by atoms with van der Waals surface area (Å²) in [4.78, 5) is 38.8. The summed E-state index contributed by atoms with van der Waals surface area (Å²) in [5.41, 5.74) is 3.14. The van der Waals surface area contributed by atoms with Crippen LogP contribution in [0.25, 0.3) is 0 Å². The van der Waals surface area contributed by atoms with E-state index in [0.29, 0.717) is 27.5 Å². The Hall–Kier alpha value is -3.32. The van der Waals surface area contributed by atoms with Gasteiger partial charge in [-0.05, 0) is 36.8 Å². The molecular formula is C21H18ClN3O4. The number of carbonyl (C=O) groups excluding carboxylic acids is 3. The second-order valence-corrected chi connectivity index (χ2v) is 7.31. The first kappa shape index (κ1) is 19.0. The Kier molecular flexibility index (Phi) is 4.98. The number of cyclic esters (lactones) is 1. The molecule has 4 rings (SSSR count). The first-order valence-corrected chi connectivity index (χ1v) is 9.40. The van der Waals surface area contributed by atoms with Crippen molar-refractivity contribution in [3.05, 3.63) is 76.0 Å². The van der Waals surface area contributed by atoms with E-state index in [-0.39, 0.29) is 19.1 Å². The third kappa shape index (κ3) is 3.82. The molecule has 2 heterocycles. The van der Waals surface area contributed by atoms with Crippen molar-refractivity contribution in [1.29, 1.82) is 0 Å². The third-order valence-electron chi connectivity index (χ3n) is 4.84. The fraction of sp³-hybridized carbons (Fsp3) is 0.190. The number of benzene rings is 2. The lowest BCUT2D eigenvalue weighted by atomic mass is 9.96. The van der Waals surface area contributed by atoms with Crippen LogP contribution in [0.3, 0.4) is 0 Å². The zero-order valence-corrected chi connectivity index (χ0v) is 16.3. The van der Waals surface area contributed by atoms with Crippen molar-refractivity contribution in [1.82, 2.24) is 10.2 Å². The van der Waals surface area contributed by atoms with E-state index in [4.69, 9.17) is 16.3 Å². The van der Waals surface area contributed by atoms with Crippen LogP contribution in [-0.4, -0.2) is 36.0 Å². The van der Waals surface area contributed by atoms with Gasteiger partial charge in [-0.15, -0.1) is 0 Å². The van der Waals surface area contributed by atoms with Crippen LogP contribution in [0, 0.1) is 6.92 Å². The molecule has 8 heteroatoms. The molecule has 2 aromatic carbocycles. The van der Waals surface area contributed by atoms with Gasteiger partial charge in [0.15, 0.2) is 0 Å². The highest BCUT2D eigenvalue weighted by Crippen LogP contribution is 2.35. The van der Waals surface area contributed by atoms with Gasteiger partial charge in [0.1, 0.15) is 13.2 Å². The number of aryl methyl sites for hydroxylation is 1. The summed E-state index contributed by atoms with van der Waals surface area (Å²) < 4.78 is 5.16. The highest BCUT2D eigenvalue weighted by molar-refractivity contribution is 6.30. The molecule has 2 N–H and O–H groups in total. The molecule has 1 unspecified atom stereocenters. The Labute approximate surface area is 172 Å². The lowest BCUT2D eigenvalue weighted by molar-refractivity contribution is -0.136. The minimum absolute atomic E-state index is 0.0521. The maximum Gasteiger partial charge on any atom is 0.338 e. The van der Waals surface area contributed by atoms with E-state index >= 15 is 0 Å². The van der Waals surface area contributed by atoms with E-state index in [1.54, 1.807) is 36.4 Å². The van der Waals surface area contributed by atoms with Gasteiger partial charge >= 0.3 is 12.0 Å². The second-order valence-electron chi connectivity index (χ2n) is 6.87. The zero-order valence-electron chi connectivity index (χ0n) is 15.6. The van der Waals surface area contributed by atoms with Crippen LogP contribution in [0.5, 0.6) is 0 Å². The zero-order chi connectivity index (χ0) is 20.5. The molecule has 2 aliphatic heterocycles. The number of nitrogens with one attached hydrogen (secondary N) is 2. The Morgan fingerprint density at radius 1 is 1.17 bits per heavy atom. The number of amides is 3. The number of urea groups is 1. The van der Waals surface area contributed by atoms with Crippen LogP contribution in [0.1, 0.15) is 17.2 Å². The van der Waals surface area contributed by atoms with Gasteiger partial charge in [-0.2, -0.15) is 0 Å². The van der Waals surface area contributed by atoms with Crippen molar-refractivity contribution >= 4 is 35.2 Å². The molecule has 2 aliphatic rings. The van der Waals surface area contributed by atoms with Gasteiger partial charge in [-0.25, -0.2) is 9.59 Å². The standard InChI is InChI=1S/C21H18ClN3O4/c1-12-2-8-15(9-3-12)23-17(26)10-25-16-11-29-20(27)18(16)19(24-21(25)28)13-4-6-14(22)7-5-13/h2-9,19H,10-11H2,1H3,(H,23,26)(H,24,28). The van der Waals surface area contributed by atoms with Crippen molar-refractivity contribution in [2.24, 2.45) is 0 Å². The molecular weight excluding hydrogens is 394 g/mol. The van der Waals surface area contributed by atoms with Crippen LogP contribution in [0.4, 0.5) is 10.5 Å². The number of rotatable bonds is 4. The Bertz CT molecular complexity index is 1020. The van der Waals surface area contributed by atoms with E-state index in [1.165, 1.54) is 4.90 Å². The molecule has 1 atom stereocenters. The number of halogens is 1. The van der Waals surface area contributed by atoms with Crippen molar-refractivity contribution in [3.8, 4) is 0 Å². The van der Waals surface area contributed by atoms with E-state index < -0.39 is 18.0 Å². The molecule has 29 heavy (non-hydrogen) atoms. The summed E-state index contributed by atoms with van der Waals surface area (Å²) >= 11 is 5.93. The molecule has 148 valence electrons. The van der Waals surface area contributed by atoms with Crippen LogP contribution in [0.2, 0.25) is 5.02 Å². The predicted molar refractivity (Wildman–Crippen MR) is 107 cm³/mol. The molecule has 0 fully saturated rings. The summed E-state index contributed by atoms with van der Waals surface area (Å²) in [5.74, 6) is -0.885. The van der Waals surface area contributed by atoms with Gasteiger partial charge in [-0.3, -0.25) is 9.69 Å². The highest BCUT2D eigenvalue weighted by atomic mass is 35.5. The normalized spacial score (nSPS) is 18.3. The monoisotopic (exact) mass is 411 g/mol. The van der Waals surface area contributed by atoms with E-state index in [2.05, 4.69) is 10.6 Å². The second kappa shape index (κ2) is 7.60. The van der Waals surface area contributed by atoms with Gasteiger partial charge in [0.2, 0.25) is 5.91 Å². The average molecular weight is 412 g/mol. The number of ether oxygens (including phenoxy) is 1.